The number of anilines is 1. The van der Waals surface area contributed by atoms with Gasteiger partial charge in [0.2, 0.25) is 0 Å². The van der Waals surface area contributed by atoms with Gasteiger partial charge in [0.25, 0.3) is 5.91 Å². The number of primary amides is 1. The molecule has 2 aliphatic rings. The Hall–Kier alpha value is -1.76. The number of thioether (sulfide) groups is 1. The van der Waals surface area contributed by atoms with Crippen molar-refractivity contribution in [1.82, 2.24) is 10.3 Å². The van der Waals surface area contributed by atoms with E-state index in [1.807, 2.05) is 11.8 Å². The number of carbonyl (C=O) groups excluding carboxylic acids is 2. The fourth-order valence-corrected chi connectivity index (χ4v) is 3.92. The number of nitrogens with two attached hydrogens (primary N) is 1. The molecule has 19 heavy (non-hydrogen) atoms. The van der Waals surface area contributed by atoms with E-state index >= 15 is 0 Å². The minimum Gasteiger partial charge on any atom is -0.364 e. The number of nitrogens with zero attached hydrogens (tertiary/aromatic N) is 2. The molecule has 7 heteroatoms. The Balaban J connectivity index is 1.95. The maximum Gasteiger partial charge on any atom is 0.322 e. The lowest BCUT2D eigenvalue weighted by Crippen LogP contribution is -2.43. The molecule has 1 spiro atoms. The maximum atomic E-state index is 12.1. The van der Waals surface area contributed by atoms with E-state index in [2.05, 4.69) is 10.3 Å². The van der Waals surface area contributed by atoms with E-state index in [-0.39, 0.29) is 17.3 Å². The van der Waals surface area contributed by atoms with E-state index in [0.717, 1.165) is 17.9 Å². The Bertz CT molecular complexity index is 542. The third kappa shape index (κ3) is 2.03. The summed E-state index contributed by atoms with van der Waals surface area (Å²) in [5.74, 6) is 1.33. The smallest absolute Gasteiger partial charge is 0.322 e. The van der Waals surface area contributed by atoms with Gasteiger partial charge in [-0.1, -0.05) is 0 Å². The normalized spacial score (nSPS) is 25.9. The molecule has 0 aromatic carbocycles. The van der Waals surface area contributed by atoms with Crippen LogP contribution in [-0.4, -0.2) is 40.5 Å². The molecule has 3 heterocycles. The van der Waals surface area contributed by atoms with Crippen molar-refractivity contribution in [3.63, 3.8) is 0 Å². The molecule has 2 fully saturated rings. The van der Waals surface area contributed by atoms with Crippen LogP contribution in [0, 0.1) is 0 Å². The van der Waals surface area contributed by atoms with Crippen LogP contribution in [0.3, 0.4) is 0 Å². The summed E-state index contributed by atoms with van der Waals surface area (Å²) in [6, 6.07) is 3.22. The van der Waals surface area contributed by atoms with E-state index in [0.29, 0.717) is 12.2 Å². The largest absolute Gasteiger partial charge is 0.364 e. The van der Waals surface area contributed by atoms with Crippen LogP contribution in [0.4, 0.5) is 10.5 Å². The average Bonchev–Trinajstić information content (AvgIpc) is 2.97. The van der Waals surface area contributed by atoms with E-state index in [1.54, 1.807) is 17.0 Å². The van der Waals surface area contributed by atoms with Crippen LogP contribution in [0.1, 0.15) is 16.9 Å². The van der Waals surface area contributed by atoms with Gasteiger partial charge in [0, 0.05) is 11.9 Å². The second kappa shape index (κ2) is 4.41. The SMILES string of the molecule is NC(=O)c1ncccc1N1CC2(CCSC2)NC1=O. The van der Waals surface area contributed by atoms with Crippen molar-refractivity contribution in [2.75, 3.05) is 23.0 Å². The Morgan fingerprint density at radius 1 is 1.58 bits per heavy atom. The molecule has 1 unspecified atom stereocenters. The van der Waals surface area contributed by atoms with E-state index in [1.165, 1.54) is 6.20 Å². The molecule has 6 nitrogen and oxygen atoms in total. The lowest BCUT2D eigenvalue weighted by Gasteiger charge is -2.21. The van der Waals surface area contributed by atoms with Gasteiger partial charge in [-0.15, -0.1) is 0 Å². The first-order chi connectivity index (χ1) is 9.11. The number of urea groups is 1. The molecule has 2 saturated heterocycles. The molecule has 0 bridgehead atoms. The number of rotatable bonds is 2. The van der Waals surface area contributed by atoms with Crippen LogP contribution in [0.2, 0.25) is 0 Å². The molecule has 1 aromatic rings. The zero-order valence-corrected chi connectivity index (χ0v) is 11.1. The zero-order valence-electron chi connectivity index (χ0n) is 10.3. The molecule has 100 valence electrons. The van der Waals surface area contributed by atoms with Gasteiger partial charge >= 0.3 is 6.03 Å². The summed E-state index contributed by atoms with van der Waals surface area (Å²) in [4.78, 5) is 29.1. The summed E-state index contributed by atoms with van der Waals surface area (Å²) >= 11 is 1.83. The Morgan fingerprint density at radius 3 is 3.11 bits per heavy atom. The van der Waals surface area contributed by atoms with E-state index in [9.17, 15) is 9.59 Å². The van der Waals surface area contributed by atoms with E-state index in [4.69, 9.17) is 5.73 Å². The highest BCUT2D eigenvalue weighted by Gasteiger charge is 2.45. The first-order valence-electron chi connectivity index (χ1n) is 6.04. The number of carbonyl (C=O) groups is 2. The molecule has 2 aliphatic heterocycles. The third-order valence-corrected chi connectivity index (χ3v) is 4.74. The third-order valence-electron chi connectivity index (χ3n) is 3.49. The van der Waals surface area contributed by atoms with Crippen molar-refractivity contribution in [3.05, 3.63) is 24.0 Å². The molecule has 1 atom stereocenters. The lowest BCUT2D eigenvalue weighted by atomic mass is 10.0. The van der Waals surface area contributed by atoms with Gasteiger partial charge < -0.3 is 11.1 Å². The highest BCUT2D eigenvalue weighted by Crippen LogP contribution is 2.34. The molecule has 3 rings (SSSR count). The summed E-state index contributed by atoms with van der Waals surface area (Å²) in [6.45, 7) is 0.560. The Labute approximate surface area is 114 Å². The quantitative estimate of drug-likeness (QED) is 0.828. The second-order valence-corrected chi connectivity index (χ2v) is 5.94. The number of nitrogens with one attached hydrogen (secondary N) is 1. The topological polar surface area (TPSA) is 88.3 Å². The standard InChI is InChI=1S/C12H14N4O2S/c13-10(17)9-8(2-1-4-14-9)16-6-12(15-11(16)18)3-5-19-7-12/h1-2,4H,3,5-7H2,(H2,13,17)(H,15,18). The average molecular weight is 278 g/mol. The molecule has 0 radical (unpaired) electrons. The van der Waals surface area contributed by atoms with Crippen LogP contribution in [0.15, 0.2) is 18.3 Å². The minimum atomic E-state index is -0.620. The summed E-state index contributed by atoms with van der Waals surface area (Å²) in [6.07, 6.45) is 2.45. The maximum absolute atomic E-state index is 12.1. The molecular formula is C12H14N4O2S. The first-order valence-corrected chi connectivity index (χ1v) is 7.19. The summed E-state index contributed by atoms with van der Waals surface area (Å²) < 4.78 is 0. The van der Waals surface area contributed by atoms with Crippen molar-refractivity contribution in [2.24, 2.45) is 5.73 Å². The monoisotopic (exact) mass is 278 g/mol. The highest BCUT2D eigenvalue weighted by atomic mass is 32.2. The van der Waals surface area contributed by atoms with Gasteiger partial charge in [-0.25, -0.2) is 9.78 Å². The van der Waals surface area contributed by atoms with Crippen LogP contribution in [0.5, 0.6) is 0 Å². The molecule has 3 amide bonds. The molecule has 1 aromatic heterocycles. The fourth-order valence-electron chi connectivity index (χ4n) is 2.54. The molecule has 0 aliphatic carbocycles. The van der Waals surface area contributed by atoms with Gasteiger partial charge in [0.15, 0.2) is 5.69 Å². The predicted octanol–water partition coefficient (Wildman–Crippen LogP) is 0.586. The van der Waals surface area contributed by atoms with Gasteiger partial charge in [-0.2, -0.15) is 11.8 Å². The lowest BCUT2D eigenvalue weighted by molar-refractivity contribution is 0.0996. The Morgan fingerprint density at radius 2 is 2.42 bits per heavy atom. The summed E-state index contributed by atoms with van der Waals surface area (Å²) in [5, 5.41) is 3.03. The zero-order chi connectivity index (χ0) is 13.5. The van der Waals surface area contributed by atoms with Crippen LogP contribution in [0.25, 0.3) is 0 Å². The number of amides is 3. The Kier molecular flexibility index (Phi) is 2.85. The van der Waals surface area contributed by atoms with Crippen LogP contribution >= 0.6 is 11.8 Å². The number of hydrogen-bond acceptors (Lipinski definition) is 4. The number of aromatic nitrogens is 1. The molecular weight excluding hydrogens is 264 g/mol. The van der Waals surface area contributed by atoms with Gasteiger partial charge in [0.1, 0.15) is 0 Å². The minimum absolute atomic E-state index is 0.139. The van der Waals surface area contributed by atoms with Gasteiger partial charge in [-0.05, 0) is 24.3 Å². The molecule has 0 saturated carbocycles. The van der Waals surface area contributed by atoms with E-state index < -0.39 is 5.91 Å². The van der Waals surface area contributed by atoms with Gasteiger partial charge in [0.05, 0.1) is 17.8 Å². The van der Waals surface area contributed by atoms with Crippen molar-refractivity contribution >= 4 is 29.4 Å². The van der Waals surface area contributed by atoms with Crippen LogP contribution in [-0.2, 0) is 0 Å². The fraction of sp³-hybridized carbons (Fsp3) is 0.417. The van der Waals surface area contributed by atoms with Crippen molar-refractivity contribution in [1.29, 1.82) is 0 Å². The van der Waals surface area contributed by atoms with Crippen molar-refractivity contribution in [3.8, 4) is 0 Å². The highest BCUT2D eigenvalue weighted by molar-refractivity contribution is 7.99. The van der Waals surface area contributed by atoms with Crippen LogP contribution < -0.4 is 16.0 Å². The van der Waals surface area contributed by atoms with Crippen molar-refractivity contribution < 1.29 is 9.59 Å². The number of pyridine rings is 1. The predicted molar refractivity (Wildman–Crippen MR) is 73.3 cm³/mol. The second-order valence-electron chi connectivity index (χ2n) is 4.83. The summed E-state index contributed by atoms with van der Waals surface area (Å²) in [5.41, 5.74) is 5.76. The van der Waals surface area contributed by atoms with Gasteiger partial charge in [-0.3, -0.25) is 9.69 Å². The number of hydrogen-bond donors (Lipinski definition) is 2. The summed E-state index contributed by atoms with van der Waals surface area (Å²) in [7, 11) is 0. The molecule has 3 N–H and O–H groups in total. The van der Waals surface area contributed by atoms with Crippen molar-refractivity contribution in [2.45, 2.75) is 12.0 Å². The first kappa shape index (κ1) is 12.3.